The Morgan fingerprint density at radius 3 is 2.80 bits per heavy atom. The molecule has 0 unspecified atom stereocenters. The smallest absolute Gasteiger partial charge is 0.275 e. The van der Waals surface area contributed by atoms with Gasteiger partial charge in [-0.15, -0.1) is 0 Å². The number of hydrogen-bond donors (Lipinski definition) is 1. The Morgan fingerprint density at radius 1 is 1.40 bits per heavy atom. The molecule has 0 saturated carbocycles. The fraction of sp³-hybridized carbons (Fsp3) is 0.154. The zero-order valence-electron chi connectivity index (χ0n) is 10.7. The first kappa shape index (κ1) is 14.3. The minimum atomic E-state index is -0.492. The molecule has 0 spiro atoms. The Balaban J connectivity index is 2.35. The maximum atomic E-state index is 13.6. The lowest BCUT2D eigenvalue weighted by Gasteiger charge is -2.06. The van der Waals surface area contributed by atoms with Crippen molar-refractivity contribution in [2.45, 2.75) is 16.8 Å². The Morgan fingerprint density at radius 2 is 2.15 bits per heavy atom. The molecule has 0 fully saturated rings. The molecule has 1 aromatic heterocycles. The first-order chi connectivity index (χ1) is 9.60. The molecular weight excluding hydrogens is 281 g/mol. The molecule has 1 N–H and O–H groups in total. The Hall–Kier alpha value is -2.15. The van der Waals surface area contributed by atoms with Gasteiger partial charge in [0, 0.05) is 17.5 Å². The quantitative estimate of drug-likeness (QED) is 0.672. The first-order valence-corrected chi connectivity index (χ1v) is 6.74. The molecule has 0 bridgehead atoms. The molecule has 2 rings (SSSR count). The van der Waals surface area contributed by atoms with Crippen molar-refractivity contribution in [1.82, 2.24) is 4.98 Å². The molecule has 20 heavy (non-hydrogen) atoms. The minimum Gasteiger partial charge on any atom is -0.370 e. The van der Waals surface area contributed by atoms with Crippen molar-refractivity contribution in [2.24, 2.45) is 0 Å². The Bertz CT molecular complexity index is 637. The normalized spacial score (nSPS) is 10.3. The zero-order valence-corrected chi connectivity index (χ0v) is 11.5. The van der Waals surface area contributed by atoms with E-state index in [1.54, 1.807) is 18.2 Å². The average Bonchev–Trinajstić information content (AvgIpc) is 2.41. The monoisotopic (exact) mass is 293 g/mol. The Kier molecular flexibility index (Phi) is 4.52. The van der Waals surface area contributed by atoms with E-state index in [2.05, 4.69) is 10.3 Å². The van der Waals surface area contributed by atoms with E-state index in [0.29, 0.717) is 22.3 Å². The SMILES string of the molecule is CCNc1cc([N+](=O)[O-])cc(Sc2ccccc2F)n1. The van der Waals surface area contributed by atoms with E-state index in [0.717, 1.165) is 11.8 Å². The summed E-state index contributed by atoms with van der Waals surface area (Å²) < 4.78 is 13.6. The molecule has 7 heteroatoms. The van der Waals surface area contributed by atoms with Crippen LogP contribution in [0.4, 0.5) is 15.9 Å². The standard InChI is InChI=1S/C13H12FN3O2S/c1-2-15-12-7-9(17(18)19)8-13(16-12)20-11-6-4-3-5-10(11)14/h3-8H,2H2,1H3,(H,15,16). The third-order valence-electron chi connectivity index (χ3n) is 2.41. The Labute approximate surface area is 119 Å². The number of nitrogens with one attached hydrogen (secondary N) is 1. The van der Waals surface area contributed by atoms with Crippen LogP contribution in [0.3, 0.4) is 0 Å². The topological polar surface area (TPSA) is 68.1 Å². The van der Waals surface area contributed by atoms with Crippen LogP contribution in [0.25, 0.3) is 0 Å². The van der Waals surface area contributed by atoms with Gasteiger partial charge in [-0.25, -0.2) is 9.37 Å². The van der Waals surface area contributed by atoms with Crippen molar-refractivity contribution in [3.63, 3.8) is 0 Å². The molecular formula is C13H12FN3O2S. The summed E-state index contributed by atoms with van der Waals surface area (Å²) in [5.41, 5.74) is -0.0743. The maximum Gasteiger partial charge on any atom is 0.275 e. The van der Waals surface area contributed by atoms with E-state index in [9.17, 15) is 14.5 Å². The lowest BCUT2D eigenvalue weighted by molar-refractivity contribution is -0.385. The van der Waals surface area contributed by atoms with Crippen LogP contribution in [0.1, 0.15) is 6.92 Å². The highest BCUT2D eigenvalue weighted by Crippen LogP contribution is 2.31. The molecule has 1 heterocycles. The van der Waals surface area contributed by atoms with E-state index in [4.69, 9.17) is 0 Å². The van der Waals surface area contributed by atoms with Crippen LogP contribution in [0.5, 0.6) is 0 Å². The number of rotatable bonds is 5. The van der Waals surface area contributed by atoms with E-state index < -0.39 is 4.92 Å². The van der Waals surface area contributed by atoms with Crippen LogP contribution in [0.2, 0.25) is 0 Å². The summed E-state index contributed by atoms with van der Waals surface area (Å²) in [4.78, 5) is 15.0. The van der Waals surface area contributed by atoms with Gasteiger partial charge >= 0.3 is 0 Å². The van der Waals surface area contributed by atoms with Gasteiger partial charge < -0.3 is 5.32 Å². The second kappa shape index (κ2) is 6.33. The van der Waals surface area contributed by atoms with Crippen molar-refractivity contribution in [3.05, 3.63) is 52.3 Å². The molecule has 1 aromatic carbocycles. The second-order valence-electron chi connectivity index (χ2n) is 3.87. The molecule has 5 nitrogen and oxygen atoms in total. The zero-order chi connectivity index (χ0) is 14.5. The third-order valence-corrected chi connectivity index (χ3v) is 3.38. The molecule has 0 amide bonds. The van der Waals surface area contributed by atoms with Crippen LogP contribution < -0.4 is 5.32 Å². The average molecular weight is 293 g/mol. The van der Waals surface area contributed by atoms with Crippen molar-refractivity contribution in [3.8, 4) is 0 Å². The van der Waals surface area contributed by atoms with Crippen LogP contribution in [-0.4, -0.2) is 16.5 Å². The molecule has 0 aliphatic rings. The van der Waals surface area contributed by atoms with Gasteiger partial charge in [0.05, 0.1) is 11.0 Å². The van der Waals surface area contributed by atoms with Crippen molar-refractivity contribution in [2.75, 3.05) is 11.9 Å². The fourth-order valence-electron chi connectivity index (χ4n) is 1.56. The molecule has 2 aromatic rings. The van der Waals surface area contributed by atoms with Crippen LogP contribution in [0, 0.1) is 15.9 Å². The summed E-state index contributed by atoms with van der Waals surface area (Å²) in [6, 6.07) is 8.92. The molecule has 0 atom stereocenters. The van der Waals surface area contributed by atoms with Gasteiger partial charge in [0.15, 0.2) is 0 Å². The summed E-state index contributed by atoms with van der Waals surface area (Å²) >= 11 is 1.06. The van der Waals surface area contributed by atoms with Gasteiger partial charge in [-0.3, -0.25) is 10.1 Å². The number of halogens is 1. The second-order valence-corrected chi connectivity index (χ2v) is 4.93. The third kappa shape index (κ3) is 3.45. The van der Waals surface area contributed by atoms with Gasteiger partial charge in [-0.1, -0.05) is 23.9 Å². The first-order valence-electron chi connectivity index (χ1n) is 5.93. The molecule has 0 aliphatic carbocycles. The fourth-order valence-corrected chi connectivity index (χ4v) is 2.42. The van der Waals surface area contributed by atoms with Crippen molar-refractivity contribution in [1.29, 1.82) is 0 Å². The summed E-state index contributed by atoms with van der Waals surface area (Å²) in [7, 11) is 0. The highest BCUT2D eigenvalue weighted by atomic mass is 32.2. The molecule has 0 radical (unpaired) electrons. The summed E-state index contributed by atoms with van der Waals surface area (Å²) in [6.07, 6.45) is 0. The number of aromatic nitrogens is 1. The van der Waals surface area contributed by atoms with Gasteiger partial charge in [0.1, 0.15) is 16.7 Å². The summed E-state index contributed by atoms with van der Waals surface area (Å²) in [6.45, 7) is 2.46. The maximum absolute atomic E-state index is 13.6. The number of pyridine rings is 1. The van der Waals surface area contributed by atoms with Crippen molar-refractivity contribution < 1.29 is 9.31 Å². The van der Waals surface area contributed by atoms with E-state index in [-0.39, 0.29) is 11.5 Å². The molecule has 0 aliphatic heterocycles. The number of nitrogens with zero attached hydrogens (tertiary/aromatic N) is 2. The van der Waals surface area contributed by atoms with E-state index >= 15 is 0 Å². The summed E-state index contributed by atoms with van der Waals surface area (Å²) in [5.74, 6) is 0.0244. The van der Waals surface area contributed by atoms with Gasteiger partial charge in [-0.2, -0.15) is 0 Å². The minimum absolute atomic E-state index is 0.0743. The lowest BCUT2D eigenvalue weighted by Crippen LogP contribution is -2.01. The van der Waals surface area contributed by atoms with Gasteiger partial charge in [-0.05, 0) is 19.1 Å². The van der Waals surface area contributed by atoms with Crippen molar-refractivity contribution >= 4 is 23.3 Å². The predicted octanol–water partition coefficient (Wildman–Crippen LogP) is 3.71. The lowest BCUT2D eigenvalue weighted by atomic mass is 10.3. The largest absolute Gasteiger partial charge is 0.370 e. The number of anilines is 1. The molecule has 104 valence electrons. The number of benzene rings is 1. The number of nitro groups is 1. The highest BCUT2D eigenvalue weighted by molar-refractivity contribution is 7.99. The van der Waals surface area contributed by atoms with E-state index in [1.165, 1.54) is 18.2 Å². The summed E-state index contributed by atoms with van der Waals surface area (Å²) in [5, 5.41) is 14.2. The van der Waals surface area contributed by atoms with Gasteiger partial charge in [0.25, 0.3) is 5.69 Å². The van der Waals surface area contributed by atoms with Crippen LogP contribution >= 0.6 is 11.8 Å². The van der Waals surface area contributed by atoms with Gasteiger partial charge in [0.2, 0.25) is 0 Å². The van der Waals surface area contributed by atoms with Crippen LogP contribution in [0.15, 0.2) is 46.3 Å². The van der Waals surface area contributed by atoms with E-state index in [1.807, 2.05) is 6.92 Å². The molecule has 0 saturated heterocycles. The number of hydrogen-bond acceptors (Lipinski definition) is 5. The predicted molar refractivity (Wildman–Crippen MR) is 75.6 cm³/mol. The van der Waals surface area contributed by atoms with Crippen LogP contribution in [-0.2, 0) is 0 Å². The highest BCUT2D eigenvalue weighted by Gasteiger charge is 2.13.